The molecule has 3 rings (SSSR count). The van der Waals surface area contributed by atoms with Crippen LogP contribution in [0.1, 0.15) is 12.8 Å². The zero-order valence-electron chi connectivity index (χ0n) is 12.6. The first-order valence-corrected chi connectivity index (χ1v) is 7.98. The van der Waals surface area contributed by atoms with Crippen LogP contribution >= 0.6 is 11.8 Å². The third kappa shape index (κ3) is 3.36. The number of hydrogen-bond donors (Lipinski definition) is 0. The lowest BCUT2D eigenvalue weighted by atomic mass is 10.2. The lowest BCUT2D eigenvalue weighted by Gasteiger charge is -2.19. The number of benzene rings is 1. The molecule has 0 amide bonds. The molecule has 1 aliphatic rings. The maximum Gasteiger partial charge on any atom is 0.277 e. The maximum atomic E-state index is 5.73. The number of thioether (sulfide) groups is 1. The lowest BCUT2D eigenvalue weighted by Crippen LogP contribution is -2.19. The van der Waals surface area contributed by atoms with Crippen LogP contribution in [-0.2, 0) is 4.74 Å². The predicted octanol–water partition coefficient (Wildman–Crippen LogP) is 3.02. The Morgan fingerprint density at radius 2 is 2.05 bits per heavy atom. The molecule has 1 aromatic carbocycles. The van der Waals surface area contributed by atoms with Gasteiger partial charge in [0, 0.05) is 17.4 Å². The van der Waals surface area contributed by atoms with Crippen molar-refractivity contribution in [2.24, 2.45) is 0 Å². The lowest BCUT2D eigenvalue weighted by molar-refractivity contribution is 0.101. The molecule has 1 fully saturated rings. The van der Waals surface area contributed by atoms with Gasteiger partial charge in [0.05, 0.1) is 20.8 Å². The monoisotopic (exact) mass is 322 g/mol. The number of hydrogen-bond acceptors (Lipinski definition) is 7. The summed E-state index contributed by atoms with van der Waals surface area (Å²) in [5.74, 6) is 1.77. The molecule has 1 saturated heterocycles. The van der Waals surface area contributed by atoms with Crippen molar-refractivity contribution in [3.8, 4) is 23.0 Å². The van der Waals surface area contributed by atoms with Crippen LogP contribution in [0.3, 0.4) is 0 Å². The summed E-state index contributed by atoms with van der Waals surface area (Å²) in [4.78, 5) is 0. The molecule has 0 unspecified atom stereocenters. The Morgan fingerprint density at radius 1 is 1.18 bits per heavy atom. The van der Waals surface area contributed by atoms with E-state index < -0.39 is 0 Å². The highest BCUT2D eigenvalue weighted by atomic mass is 32.2. The van der Waals surface area contributed by atoms with E-state index in [1.54, 1.807) is 26.0 Å². The molecule has 118 valence electrons. The van der Waals surface area contributed by atoms with Gasteiger partial charge in [-0.05, 0) is 31.0 Å². The minimum Gasteiger partial charge on any atom is -0.493 e. The van der Waals surface area contributed by atoms with Gasteiger partial charge < -0.3 is 18.6 Å². The zero-order valence-corrected chi connectivity index (χ0v) is 13.4. The molecular formula is C15H18N2O4S. The molecule has 6 nitrogen and oxygen atoms in total. The van der Waals surface area contributed by atoms with Gasteiger partial charge in [-0.1, -0.05) is 11.8 Å². The number of nitrogens with zero attached hydrogens (tertiary/aromatic N) is 2. The summed E-state index contributed by atoms with van der Waals surface area (Å²) in [6.45, 7) is 1.58. The second-order valence-electron chi connectivity index (χ2n) is 4.90. The van der Waals surface area contributed by atoms with Gasteiger partial charge in [0.2, 0.25) is 5.89 Å². The zero-order chi connectivity index (χ0) is 15.4. The molecule has 0 aliphatic carbocycles. The molecule has 7 heteroatoms. The van der Waals surface area contributed by atoms with E-state index in [1.165, 1.54) is 0 Å². The summed E-state index contributed by atoms with van der Waals surface area (Å²) in [5, 5.41) is 9.16. The van der Waals surface area contributed by atoms with Crippen LogP contribution in [0.2, 0.25) is 0 Å². The Labute approximate surface area is 133 Å². The van der Waals surface area contributed by atoms with Gasteiger partial charge in [0.25, 0.3) is 5.22 Å². The van der Waals surface area contributed by atoms with Gasteiger partial charge >= 0.3 is 0 Å². The average molecular weight is 322 g/mol. The minimum atomic E-state index is 0.382. The van der Waals surface area contributed by atoms with Crippen molar-refractivity contribution in [1.29, 1.82) is 0 Å². The molecular weight excluding hydrogens is 304 g/mol. The molecule has 0 N–H and O–H groups in total. The van der Waals surface area contributed by atoms with Crippen LogP contribution < -0.4 is 9.47 Å². The summed E-state index contributed by atoms with van der Waals surface area (Å²) in [7, 11) is 3.20. The third-order valence-electron chi connectivity index (χ3n) is 3.42. The number of ether oxygens (including phenoxy) is 3. The van der Waals surface area contributed by atoms with Crippen LogP contribution in [-0.4, -0.2) is 42.9 Å². The Bertz CT molecular complexity index is 626. The van der Waals surface area contributed by atoms with E-state index in [2.05, 4.69) is 10.2 Å². The first-order valence-electron chi connectivity index (χ1n) is 7.10. The van der Waals surface area contributed by atoms with Gasteiger partial charge in [-0.3, -0.25) is 0 Å². The standard InChI is InChI=1S/C15H18N2O4S/c1-18-12-6-5-10(8-13(12)19-2)14-16-17-15(21-14)22-11-4-3-7-20-9-11/h5-6,8,11H,3-4,7,9H2,1-2H3/t11-/m0/s1. The van der Waals surface area contributed by atoms with E-state index in [0.717, 1.165) is 31.6 Å². The Kier molecular flexibility index (Phi) is 4.84. The molecule has 22 heavy (non-hydrogen) atoms. The predicted molar refractivity (Wildman–Crippen MR) is 82.5 cm³/mol. The highest BCUT2D eigenvalue weighted by Crippen LogP contribution is 2.34. The van der Waals surface area contributed by atoms with Crippen molar-refractivity contribution in [2.45, 2.75) is 23.3 Å². The van der Waals surface area contributed by atoms with Crippen molar-refractivity contribution in [1.82, 2.24) is 10.2 Å². The van der Waals surface area contributed by atoms with Gasteiger partial charge in [-0.15, -0.1) is 10.2 Å². The quantitative estimate of drug-likeness (QED) is 0.838. The fraction of sp³-hybridized carbons (Fsp3) is 0.467. The van der Waals surface area contributed by atoms with Gasteiger partial charge in [-0.2, -0.15) is 0 Å². The van der Waals surface area contributed by atoms with Crippen molar-refractivity contribution >= 4 is 11.8 Å². The van der Waals surface area contributed by atoms with E-state index in [0.29, 0.717) is 27.9 Å². The van der Waals surface area contributed by atoms with Crippen LogP contribution in [0.25, 0.3) is 11.5 Å². The largest absolute Gasteiger partial charge is 0.493 e. The molecule has 2 aromatic rings. The van der Waals surface area contributed by atoms with Crippen molar-refractivity contribution in [3.05, 3.63) is 18.2 Å². The molecule has 1 aromatic heterocycles. The summed E-state index contributed by atoms with van der Waals surface area (Å²) < 4.78 is 21.7. The molecule has 0 bridgehead atoms. The fourth-order valence-corrected chi connectivity index (χ4v) is 3.24. The van der Waals surface area contributed by atoms with Crippen molar-refractivity contribution in [2.75, 3.05) is 27.4 Å². The third-order valence-corrected chi connectivity index (χ3v) is 4.49. The summed E-state index contributed by atoms with van der Waals surface area (Å²) in [5.41, 5.74) is 0.803. The number of methoxy groups -OCH3 is 2. The second kappa shape index (κ2) is 7.02. The topological polar surface area (TPSA) is 66.6 Å². The van der Waals surface area contributed by atoms with E-state index in [1.807, 2.05) is 18.2 Å². The molecule has 1 aliphatic heterocycles. The van der Waals surface area contributed by atoms with Gasteiger partial charge in [-0.25, -0.2) is 0 Å². The summed E-state index contributed by atoms with van der Waals surface area (Å²) >= 11 is 1.58. The summed E-state index contributed by atoms with van der Waals surface area (Å²) in [6, 6.07) is 5.51. The molecule has 2 heterocycles. The van der Waals surface area contributed by atoms with Crippen LogP contribution in [0, 0.1) is 0 Å². The Morgan fingerprint density at radius 3 is 2.77 bits per heavy atom. The van der Waals surface area contributed by atoms with E-state index in [-0.39, 0.29) is 0 Å². The first kappa shape index (κ1) is 15.2. The summed E-state index contributed by atoms with van der Waals surface area (Å²) in [6.07, 6.45) is 2.19. The van der Waals surface area contributed by atoms with Crippen LogP contribution in [0.4, 0.5) is 0 Å². The highest BCUT2D eigenvalue weighted by molar-refractivity contribution is 7.99. The van der Waals surface area contributed by atoms with E-state index >= 15 is 0 Å². The van der Waals surface area contributed by atoms with Crippen LogP contribution in [0.15, 0.2) is 27.8 Å². The molecule has 1 atom stereocenters. The molecule has 0 radical (unpaired) electrons. The van der Waals surface area contributed by atoms with Crippen LogP contribution in [0.5, 0.6) is 11.5 Å². The average Bonchev–Trinajstić information content (AvgIpc) is 3.03. The Balaban J connectivity index is 1.75. The number of rotatable bonds is 5. The maximum absolute atomic E-state index is 5.73. The minimum absolute atomic E-state index is 0.382. The second-order valence-corrected chi connectivity index (χ2v) is 6.15. The number of aromatic nitrogens is 2. The van der Waals surface area contributed by atoms with Crippen molar-refractivity contribution in [3.63, 3.8) is 0 Å². The SMILES string of the molecule is COc1ccc(-c2nnc(S[C@H]3CCCOC3)o2)cc1OC. The normalized spacial score (nSPS) is 18.2. The highest BCUT2D eigenvalue weighted by Gasteiger charge is 2.19. The van der Waals surface area contributed by atoms with Gasteiger partial charge in [0.1, 0.15) is 0 Å². The Hall–Kier alpha value is -1.73. The van der Waals surface area contributed by atoms with E-state index in [9.17, 15) is 0 Å². The van der Waals surface area contributed by atoms with E-state index in [4.69, 9.17) is 18.6 Å². The van der Waals surface area contributed by atoms with Crippen molar-refractivity contribution < 1.29 is 18.6 Å². The first-order chi connectivity index (χ1) is 10.8. The van der Waals surface area contributed by atoms with Gasteiger partial charge in [0.15, 0.2) is 11.5 Å². The smallest absolute Gasteiger partial charge is 0.277 e. The molecule has 0 saturated carbocycles. The molecule has 0 spiro atoms. The fourth-order valence-electron chi connectivity index (χ4n) is 2.29.